The summed E-state index contributed by atoms with van der Waals surface area (Å²) in [6, 6.07) is 0.0383. The summed E-state index contributed by atoms with van der Waals surface area (Å²) in [5.74, 6) is 0.164. The highest BCUT2D eigenvalue weighted by Crippen LogP contribution is 2.19. The fraction of sp³-hybridized carbons (Fsp3) is 0.909. The second-order valence-corrected chi connectivity index (χ2v) is 6.20. The van der Waals surface area contributed by atoms with Gasteiger partial charge in [0.25, 0.3) is 0 Å². The van der Waals surface area contributed by atoms with Gasteiger partial charge in [0.1, 0.15) is 0 Å². The molecule has 5 heteroatoms. The zero-order valence-electron chi connectivity index (χ0n) is 10.3. The molecule has 96 valence electrons. The number of halogens is 1. The van der Waals surface area contributed by atoms with E-state index in [-0.39, 0.29) is 29.1 Å². The van der Waals surface area contributed by atoms with Gasteiger partial charge in [0, 0.05) is 11.3 Å². The number of nitrogens with one attached hydrogen (secondary N) is 2. The largest absolute Gasteiger partial charge is 0.353 e. The van der Waals surface area contributed by atoms with Crippen LogP contribution in [0, 0.1) is 0 Å². The minimum atomic E-state index is 0. The van der Waals surface area contributed by atoms with Crippen LogP contribution >= 0.6 is 24.2 Å². The van der Waals surface area contributed by atoms with Crippen molar-refractivity contribution in [2.75, 3.05) is 19.3 Å². The summed E-state index contributed by atoms with van der Waals surface area (Å²) in [5, 5.41) is 6.28. The van der Waals surface area contributed by atoms with Crippen molar-refractivity contribution < 1.29 is 4.79 Å². The van der Waals surface area contributed by atoms with Gasteiger partial charge in [-0.3, -0.25) is 4.79 Å². The molecular weight excluding hydrogens is 244 g/mol. The topological polar surface area (TPSA) is 41.1 Å². The molecule has 0 unspecified atom stereocenters. The van der Waals surface area contributed by atoms with E-state index in [1.165, 1.54) is 6.42 Å². The minimum absolute atomic E-state index is 0. The number of thioether (sulfide) groups is 1. The summed E-state index contributed by atoms with van der Waals surface area (Å²) < 4.78 is 0.129. The van der Waals surface area contributed by atoms with Gasteiger partial charge in [-0.05, 0) is 39.5 Å². The first kappa shape index (κ1) is 16.1. The van der Waals surface area contributed by atoms with Crippen molar-refractivity contribution in [1.29, 1.82) is 0 Å². The second kappa shape index (κ2) is 7.41. The molecule has 0 radical (unpaired) electrons. The summed E-state index contributed by atoms with van der Waals surface area (Å²) in [6.45, 7) is 6.01. The van der Waals surface area contributed by atoms with Crippen molar-refractivity contribution in [2.45, 2.75) is 43.9 Å². The first-order valence-corrected chi connectivity index (χ1v) is 6.84. The van der Waals surface area contributed by atoms with Crippen LogP contribution in [0.5, 0.6) is 0 Å². The monoisotopic (exact) mass is 266 g/mol. The lowest BCUT2D eigenvalue weighted by Gasteiger charge is -2.26. The Bertz CT molecular complexity index is 218. The highest BCUT2D eigenvalue weighted by Gasteiger charge is 2.23. The van der Waals surface area contributed by atoms with Crippen LogP contribution in [-0.4, -0.2) is 36.0 Å². The van der Waals surface area contributed by atoms with Gasteiger partial charge >= 0.3 is 0 Å². The quantitative estimate of drug-likeness (QED) is 0.816. The Kier molecular flexibility index (Phi) is 7.44. The molecule has 0 bridgehead atoms. The molecule has 1 fully saturated rings. The van der Waals surface area contributed by atoms with E-state index >= 15 is 0 Å². The first-order valence-electron chi connectivity index (χ1n) is 5.61. The van der Waals surface area contributed by atoms with Gasteiger partial charge in [0.15, 0.2) is 0 Å². The van der Waals surface area contributed by atoms with Gasteiger partial charge in [-0.15, -0.1) is 12.4 Å². The summed E-state index contributed by atoms with van der Waals surface area (Å²) >= 11 is 1.78. The molecule has 16 heavy (non-hydrogen) atoms. The number of piperidine rings is 1. The molecule has 0 saturated carbocycles. The summed E-state index contributed by atoms with van der Waals surface area (Å²) in [6.07, 6.45) is 5.41. The van der Waals surface area contributed by atoms with Crippen LogP contribution in [0.4, 0.5) is 0 Å². The van der Waals surface area contributed by atoms with Gasteiger partial charge in [-0.1, -0.05) is 6.42 Å². The van der Waals surface area contributed by atoms with Crippen LogP contribution in [0.25, 0.3) is 0 Å². The first-order chi connectivity index (χ1) is 7.05. The van der Waals surface area contributed by atoms with E-state index in [2.05, 4.69) is 30.7 Å². The number of hydrogen-bond acceptors (Lipinski definition) is 3. The van der Waals surface area contributed by atoms with E-state index in [9.17, 15) is 4.79 Å². The maximum absolute atomic E-state index is 11.8. The molecule has 0 aliphatic carbocycles. The van der Waals surface area contributed by atoms with Gasteiger partial charge in [-0.2, -0.15) is 11.8 Å². The number of amides is 1. The number of rotatable bonds is 4. The lowest BCUT2D eigenvalue weighted by molar-refractivity contribution is -0.123. The third-order valence-corrected chi connectivity index (χ3v) is 4.12. The summed E-state index contributed by atoms with van der Waals surface area (Å²) in [7, 11) is 0. The van der Waals surface area contributed by atoms with Crippen LogP contribution in [0.1, 0.15) is 33.1 Å². The third kappa shape index (κ3) is 5.41. The van der Waals surface area contributed by atoms with Crippen LogP contribution in [-0.2, 0) is 4.79 Å². The Morgan fingerprint density at radius 3 is 2.69 bits per heavy atom. The smallest absolute Gasteiger partial charge is 0.237 e. The molecule has 1 atom stereocenters. The fourth-order valence-electron chi connectivity index (χ4n) is 1.57. The highest BCUT2D eigenvalue weighted by atomic mass is 35.5. The molecule has 1 aliphatic heterocycles. The molecule has 1 heterocycles. The molecule has 1 saturated heterocycles. The molecule has 0 aromatic carbocycles. The standard InChI is InChI=1S/C11H22N2OS.ClH/c1-11(2,15-3)8-13-10(14)9-6-4-5-7-12-9;/h9,12H,4-8H2,1-3H3,(H,13,14);1H/t9-;/m1./s1. The molecule has 1 aliphatic rings. The zero-order chi connectivity index (χ0) is 11.3. The minimum Gasteiger partial charge on any atom is -0.353 e. The fourth-order valence-corrected chi connectivity index (χ4v) is 1.79. The average molecular weight is 267 g/mol. The Morgan fingerprint density at radius 2 is 2.19 bits per heavy atom. The van der Waals surface area contributed by atoms with Crippen molar-refractivity contribution in [3.8, 4) is 0 Å². The molecule has 0 spiro atoms. The summed E-state index contributed by atoms with van der Waals surface area (Å²) in [4.78, 5) is 11.8. The van der Waals surface area contributed by atoms with Crippen molar-refractivity contribution in [3.05, 3.63) is 0 Å². The molecule has 0 aromatic rings. The van der Waals surface area contributed by atoms with Crippen LogP contribution < -0.4 is 10.6 Å². The molecule has 0 aromatic heterocycles. The Labute approximate surface area is 109 Å². The van der Waals surface area contributed by atoms with Crippen molar-refractivity contribution in [3.63, 3.8) is 0 Å². The highest BCUT2D eigenvalue weighted by molar-refractivity contribution is 7.99. The maximum Gasteiger partial charge on any atom is 0.237 e. The van der Waals surface area contributed by atoms with E-state index in [1.807, 2.05) is 0 Å². The van der Waals surface area contributed by atoms with Crippen LogP contribution in [0.15, 0.2) is 0 Å². The van der Waals surface area contributed by atoms with E-state index in [4.69, 9.17) is 0 Å². The van der Waals surface area contributed by atoms with E-state index in [0.29, 0.717) is 0 Å². The van der Waals surface area contributed by atoms with E-state index in [1.54, 1.807) is 11.8 Å². The Morgan fingerprint density at radius 1 is 1.50 bits per heavy atom. The van der Waals surface area contributed by atoms with Crippen LogP contribution in [0.3, 0.4) is 0 Å². The van der Waals surface area contributed by atoms with Crippen molar-refractivity contribution in [2.24, 2.45) is 0 Å². The predicted octanol–water partition coefficient (Wildman–Crippen LogP) is 1.81. The molecule has 2 N–H and O–H groups in total. The third-order valence-electron chi connectivity index (χ3n) is 2.87. The molecule has 1 rings (SSSR count). The van der Waals surface area contributed by atoms with Crippen molar-refractivity contribution >= 4 is 30.1 Å². The Hall–Kier alpha value is 0.0700. The average Bonchev–Trinajstić information content (AvgIpc) is 2.27. The molecule has 1 amide bonds. The number of carbonyl (C=O) groups is 1. The van der Waals surface area contributed by atoms with Gasteiger partial charge in [0.2, 0.25) is 5.91 Å². The Balaban J connectivity index is 0.00000225. The molecule has 3 nitrogen and oxygen atoms in total. The van der Waals surface area contributed by atoms with Crippen LogP contribution in [0.2, 0.25) is 0 Å². The molecular formula is C11H23ClN2OS. The van der Waals surface area contributed by atoms with E-state index in [0.717, 1.165) is 25.9 Å². The summed E-state index contributed by atoms with van der Waals surface area (Å²) in [5.41, 5.74) is 0. The number of carbonyl (C=O) groups excluding carboxylic acids is 1. The van der Waals surface area contributed by atoms with Gasteiger partial charge in [-0.25, -0.2) is 0 Å². The van der Waals surface area contributed by atoms with Gasteiger partial charge < -0.3 is 10.6 Å². The van der Waals surface area contributed by atoms with Gasteiger partial charge in [0.05, 0.1) is 6.04 Å². The lowest BCUT2D eigenvalue weighted by atomic mass is 10.0. The second-order valence-electron chi connectivity index (χ2n) is 4.68. The lowest BCUT2D eigenvalue weighted by Crippen LogP contribution is -2.49. The van der Waals surface area contributed by atoms with Crippen molar-refractivity contribution in [1.82, 2.24) is 10.6 Å². The normalized spacial score (nSPS) is 21.1. The predicted molar refractivity (Wildman–Crippen MR) is 73.5 cm³/mol. The zero-order valence-corrected chi connectivity index (χ0v) is 12.0. The maximum atomic E-state index is 11.8. The number of hydrogen-bond donors (Lipinski definition) is 2. The SMILES string of the molecule is CSC(C)(C)CNC(=O)[C@H]1CCCCN1.Cl. The van der Waals surface area contributed by atoms with E-state index < -0.39 is 0 Å².